The average Bonchev–Trinajstić information content (AvgIpc) is 2.92. The molecule has 0 aliphatic carbocycles. The number of aromatic nitrogens is 1. The summed E-state index contributed by atoms with van der Waals surface area (Å²) in [6.07, 6.45) is 0. The van der Waals surface area contributed by atoms with E-state index in [1.54, 1.807) is 18.2 Å². The van der Waals surface area contributed by atoms with Gasteiger partial charge in [0, 0.05) is 23.5 Å². The largest absolute Gasteiger partial charge is 0.484 e. The molecule has 0 aliphatic heterocycles. The SMILES string of the molecule is CC(C)n1c(COc2ccccc2F)cc2c(CN)cccc21. The van der Waals surface area contributed by atoms with Crippen molar-refractivity contribution in [3.63, 3.8) is 0 Å². The zero-order chi connectivity index (χ0) is 16.4. The van der Waals surface area contributed by atoms with Gasteiger partial charge in [-0.3, -0.25) is 0 Å². The van der Waals surface area contributed by atoms with E-state index in [9.17, 15) is 4.39 Å². The molecule has 0 unspecified atom stereocenters. The average molecular weight is 312 g/mol. The van der Waals surface area contributed by atoms with Gasteiger partial charge in [0.25, 0.3) is 0 Å². The Bertz CT molecular complexity index is 823. The van der Waals surface area contributed by atoms with Crippen molar-refractivity contribution in [3.8, 4) is 5.75 Å². The molecule has 0 saturated heterocycles. The molecule has 0 fully saturated rings. The fraction of sp³-hybridized carbons (Fsp3) is 0.263. The minimum Gasteiger partial charge on any atom is -0.484 e. The van der Waals surface area contributed by atoms with E-state index in [-0.39, 0.29) is 17.6 Å². The number of nitrogens with two attached hydrogens (primary N) is 1. The van der Waals surface area contributed by atoms with Crippen molar-refractivity contribution in [2.75, 3.05) is 0 Å². The lowest BCUT2D eigenvalue weighted by Gasteiger charge is -2.15. The van der Waals surface area contributed by atoms with Crippen molar-refractivity contribution in [2.45, 2.75) is 33.0 Å². The van der Waals surface area contributed by atoms with Gasteiger partial charge in [-0.05, 0) is 43.7 Å². The van der Waals surface area contributed by atoms with Crippen LogP contribution >= 0.6 is 0 Å². The molecular formula is C19H21FN2O. The summed E-state index contributed by atoms with van der Waals surface area (Å²) in [6.45, 7) is 5.06. The summed E-state index contributed by atoms with van der Waals surface area (Å²) < 4.78 is 21.6. The van der Waals surface area contributed by atoms with Crippen LogP contribution in [0.15, 0.2) is 48.5 Å². The summed E-state index contributed by atoms with van der Waals surface area (Å²) in [4.78, 5) is 0. The third kappa shape index (κ3) is 2.94. The Hall–Kier alpha value is -2.33. The van der Waals surface area contributed by atoms with E-state index in [1.165, 1.54) is 6.07 Å². The maximum absolute atomic E-state index is 13.7. The van der Waals surface area contributed by atoms with Crippen molar-refractivity contribution in [1.82, 2.24) is 4.57 Å². The zero-order valence-corrected chi connectivity index (χ0v) is 13.4. The first-order valence-corrected chi connectivity index (χ1v) is 7.81. The molecule has 0 amide bonds. The Kier molecular flexibility index (Phi) is 4.35. The number of nitrogens with zero attached hydrogens (tertiary/aromatic N) is 1. The maximum atomic E-state index is 13.7. The highest BCUT2D eigenvalue weighted by molar-refractivity contribution is 5.85. The quantitative estimate of drug-likeness (QED) is 0.758. The van der Waals surface area contributed by atoms with Crippen LogP contribution in [-0.2, 0) is 13.2 Å². The van der Waals surface area contributed by atoms with Gasteiger partial charge in [-0.25, -0.2) is 4.39 Å². The molecule has 0 saturated carbocycles. The second kappa shape index (κ2) is 6.42. The van der Waals surface area contributed by atoms with E-state index in [1.807, 2.05) is 12.1 Å². The van der Waals surface area contributed by atoms with Crippen molar-refractivity contribution in [3.05, 3.63) is 65.6 Å². The van der Waals surface area contributed by atoms with Crippen molar-refractivity contribution >= 4 is 10.9 Å². The summed E-state index contributed by atoms with van der Waals surface area (Å²) in [5, 5.41) is 1.14. The molecule has 0 aliphatic rings. The van der Waals surface area contributed by atoms with Crippen LogP contribution in [0, 0.1) is 5.82 Å². The summed E-state index contributed by atoms with van der Waals surface area (Å²) in [7, 11) is 0. The molecule has 4 heteroatoms. The highest BCUT2D eigenvalue weighted by Gasteiger charge is 2.14. The molecule has 0 spiro atoms. The van der Waals surface area contributed by atoms with Crippen molar-refractivity contribution < 1.29 is 9.13 Å². The van der Waals surface area contributed by atoms with Crippen LogP contribution in [0.4, 0.5) is 4.39 Å². The lowest BCUT2D eigenvalue weighted by Crippen LogP contribution is -2.08. The normalized spacial score (nSPS) is 11.3. The Morgan fingerprint density at radius 3 is 2.61 bits per heavy atom. The van der Waals surface area contributed by atoms with Gasteiger partial charge in [0.1, 0.15) is 6.61 Å². The van der Waals surface area contributed by atoms with Crippen LogP contribution in [0.25, 0.3) is 10.9 Å². The molecule has 120 valence electrons. The van der Waals surface area contributed by atoms with E-state index >= 15 is 0 Å². The standard InChI is InChI=1S/C19H21FN2O/c1-13(2)22-15(12-23-19-9-4-3-7-17(19)20)10-16-14(11-21)6-5-8-18(16)22/h3-10,13H,11-12,21H2,1-2H3. The van der Waals surface area contributed by atoms with E-state index in [0.717, 1.165) is 22.2 Å². The second-order valence-electron chi connectivity index (χ2n) is 5.87. The van der Waals surface area contributed by atoms with Gasteiger partial charge in [0.2, 0.25) is 0 Å². The molecule has 1 aromatic heterocycles. The maximum Gasteiger partial charge on any atom is 0.165 e. The molecule has 0 radical (unpaired) electrons. The first kappa shape index (κ1) is 15.6. The molecule has 3 rings (SSSR count). The van der Waals surface area contributed by atoms with Crippen LogP contribution in [0.2, 0.25) is 0 Å². The molecule has 0 atom stereocenters. The number of hydrogen-bond donors (Lipinski definition) is 1. The van der Waals surface area contributed by atoms with Crippen LogP contribution in [0.5, 0.6) is 5.75 Å². The Morgan fingerprint density at radius 1 is 1.13 bits per heavy atom. The first-order valence-electron chi connectivity index (χ1n) is 7.81. The van der Waals surface area contributed by atoms with E-state index < -0.39 is 0 Å². The number of benzene rings is 2. The van der Waals surface area contributed by atoms with Gasteiger partial charge < -0.3 is 15.0 Å². The number of para-hydroxylation sites is 1. The van der Waals surface area contributed by atoms with Crippen LogP contribution in [0.3, 0.4) is 0 Å². The molecule has 3 nitrogen and oxygen atoms in total. The van der Waals surface area contributed by atoms with Crippen LogP contribution in [0.1, 0.15) is 31.1 Å². The van der Waals surface area contributed by atoms with E-state index in [4.69, 9.17) is 10.5 Å². The lowest BCUT2D eigenvalue weighted by molar-refractivity contribution is 0.279. The highest BCUT2D eigenvalue weighted by Crippen LogP contribution is 2.28. The summed E-state index contributed by atoms with van der Waals surface area (Å²) in [6, 6.07) is 15.0. The second-order valence-corrected chi connectivity index (χ2v) is 5.87. The van der Waals surface area contributed by atoms with Gasteiger partial charge in [-0.1, -0.05) is 24.3 Å². The van der Waals surface area contributed by atoms with E-state index in [0.29, 0.717) is 13.2 Å². The number of ether oxygens (including phenoxy) is 1. The highest BCUT2D eigenvalue weighted by atomic mass is 19.1. The Labute approximate surface area is 135 Å². The predicted octanol–water partition coefficient (Wildman–Crippen LogP) is 4.40. The first-order chi connectivity index (χ1) is 11.1. The van der Waals surface area contributed by atoms with Crippen LogP contribution in [-0.4, -0.2) is 4.57 Å². The molecule has 3 aromatic rings. The number of fused-ring (bicyclic) bond motifs is 1. The Morgan fingerprint density at radius 2 is 1.91 bits per heavy atom. The van der Waals surface area contributed by atoms with E-state index in [2.05, 4.69) is 30.5 Å². The van der Waals surface area contributed by atoms with Gasteiger partial charge >= 0.3 is 0 Å². The molecule has 0 bridgehead atoms. The Balaban J connectivity index is 2.00. The minimum atomic E-state index is -0.345. The summed E-state index contributed by atoms with van der Waals surface area (Å²) in [5.41, 5.74) is 9.10. The number of halogens is 1. The van der Waals surface area contributed by atoms with Crippen molar-refractivity contribution in [2.24, 2.45) is 5.73 Å². The third-order valence-electron chi connectivity index (χ3n) is 4.00. The fourth-order valence-corrected chi connectivity index (χ4v) is 2.98. The predicted molar refractivity (Wildman–Crippen MR) is 90.9 cm³/mol. The smallest absolute Gasteiger partial charge is 0.165 e. The van der Waals surface area contributed by atoms with Crippen LogP contribution < -0.4 is 10.5 Å². The fourth-order valence-electron chi connectivity index (χ4n) is 2.98. The monoisotopic (exact) mass is 312 g/mol. The lowest BCUT2D eigenvalue weighted by atomic mass is 10.1. The third-order valence-corrected chi connectivity index (χ3v) is 4.00. The molecule has 23 heavy (non-hydrogen) atoms. The summed E-state index contributed by atoms with van der Waals surface area (Å²) >= 11 is 0. The molecule has 2 N–H and O–H groups in total. The van der Waals surface area contributed by atoms with Gasteiger partial charge in [-0.15, -0.1) is 0 Å². The van der Waals surface area contributed by atoms with Crippen molar-refractivity contribution in [1.29, 1.82) is 0 Å². The molecule has 1 heterocycles. The number of rotatable bonds is 5. The topological polar surface area (TPSA) is 40.2 Å². The number of hydrogen-bond acceptors (Lipinski definition) is 2. The summed E-state index contributed by atoms with van der Waals surface area (Å²) in [5.74, 6) is -0.0746. The zero-order valence-electron chi connectivity index (χ0n) is 13.4. The minimum absolute atomic E-state index is 0.270. The molecular weight excluding hydrogens is 291 g/mol. The molecule has 2 aromatic carbocycles. The van der Waals surface area contributed by atoms with Gasteiger partial charge in [-0.2, -0.15) is 0 Å². The van der Waals surface area contributed by atoms with Gasteiger partial charge in [0.05, 0.1) is 5.69 Å². The van der Waals surface area contributed by atoms with Gasteiger partial charge in [0.15, 0.2) is 11.6 Å².